The SMILES string of the molecule is C[C@H]1CCCN(c2cc(N3CCCC3)nc(NC(=S)NCc3ccc(-c4ccccc4)o3)n2)C1. The third-order valence-electron chi connectivity index (χ3n) is 6.48. The van der Waals surface area contributed by atoms with Crippen LogP contribution >= 0.6 is 12.2 Å². The van der Waals surface area contributed by atoms with Gasteiger partial charge in [-0.15, -0.1) is 0 Å². The summed E-state index contributed by atoms with van der Waals surface area (Å²) in [5.74, 6) is 4.83. The van der Waals surface area contributed by atoms with E-state index in [2.05, 4.69) is 33.4 Å². The van der Waals surface area contributed by atoms with Crippen LogP contribution < -0.4 is 20.4 Å². The van der Waals surface area contributed by atoms with Crippen molar-refractivity contribution in [2.75, 3.05) is 41.3 Å². The second-order valence-electron chi connectivity index (χ2n) is 9.24. The zero-order valence-corrected chi connectivity index (χ0v) is 20.5. The Labute approximate surface area is 206 Å². The molecule has 2 aromatic heterocycles. The highest BCUT2D eigenvalue weighted by Gasteiger charge is 2.22. The van der Waals surface area contributed by atoms with Gasteiger partial charge in [0.1, 0.15) is 23.2 Å². The summed E-state index contributed by atoms with van der Waals surface area (Å²) in [5, 5.41) is 6.92. The lowest BCUT2D eigenvalue weighted by atomic mass is 10.0. The molecule has 7 nitrogen and oxygen atoms in total. The molecule has 0 bridgehead atoms. The van der Waals surface area contributed by atoms with Gasteiger partial charge in [0.05, 0.1) is 6.54 Å². The van der Waals surface area contributed by atoms with E-state index in [0.29, 0.717) is 23.5 Å². The molecule has 178 valence electrons. The van der Waals surface area contributed by atoms with Gasteiger partial charge >= 0.3 is 0 Å². The van der Waals surface area contributed by atoms with E-state index in [1.807, 2.05) is 42.5 Å². The summed E-state index contributed by atoms with van der Waals surface area (Å²) in [6, 6.07) is 16.2. The highest BCUT2D eigenvalue weighted by atomic mass is 32.1. The molecular weight excluding hydrogens is 444 g/mol. The van der Waals surface area contributed by atoms with Crippen LogP contribution in [0.25, 0.3) is 11.3 Å². The maximum absolute atomic E-state index is 5.97. The predicted octanol–water partition coefficient (Wildman–Crippen LogP) is 5.06. The Morgan fingerprint density at radius 1 is 1.00 bits per heavy atom. The van der Waals surface area contributed by atoms with Gasteiger partial charge in [0.15, 0.2) is 5.11 Å². The quantitative estimate of drug-likeness (QED) is 0.479. The third kappa shape index (κ3) is 5.50. The van der Waals surface area contributed by atoms with Crippen molar-refractivity contribution in [2.24, 2.45) is 5.92 Å². The van der Waals surface area contributed by atoms with E-state index in [1.54, 1.807) is 0 Å². The predicted molar refractivity (Wildman–Crippen MR) is 141 cm³/mol. The first-order valence-corrected chi connectivity index (χ1v) is 12.6. The average Bonchev–Trinajstić information content (AvgIpc) is 3.56. The molecular formula is C26H32N6OS. The molecule has 0 radical (unpaired) electrons. The van der Waals surface area contributed by atoms with Crippen LogP contribution in [0.2, 0.25) is 0 Å². The molecule has 2 aliphatic rings. The Balaban J connectivity index is 1.26. The molecule has 2 saturated heterocycles. The van der Waals surface area contributed by atoms with Gasteiger partial charge in [0, 0.05) is 37.8 Å². The lowest BCUT2D eigenvalue weighted by Gasteiger charge is -2.32. The van der Waals surface area contributed by atoms with Gasteiger partial charge in [-0.05, 0) is 56.0 Å². The van der Waals surface area contributed by atoms with Crippen molar-refractivity contribution >= 4 is 34.9 Å². The molecule has 0 aliphatic carbocycles. The summed E-state index contributed by atoms with van der Waals surface area (Å²) >= 11 is 5.56. The molecule has 3 aromatic rings. The Morgan fingerprint density at radius 3 is 2.50 bits per heavy atom. The molecule has 34 heavy (non-hydrogen) atoms. The van der Waals surface area contributed by atoms with Gasteiger partial charge < -0.3 is 24.9 Å². The zero-order valence-electron chi connectivity index (χ0n) is 19.7. The fraction of sp³-hybridized carbons (Fsp3) is 0.423. The summed E-state index contributed by atoms with van der Waals surface area (Å²) in [6.45, 7) is 6.94. The Hall–Kier alpha value is -3.13. The maximum atomic E-state index is 5.97. The Morgan fingerprint density at radius 2 is 1.74 bits per heavy atom. The van der Waals surface area contributed by atoms with Crippen LogP contribution in [-0.4, -0.2) is 41.3 Å². The number of anilines is 3. The van der Waals surface area contributed by atoms with Crippen molar-refractivity contribution in [3.63, 3.8) is 0 Å². The number of piperidine rings is 1. The summed E-state index contributed by atoms with van der Waals surface area (Å²) < 4.78 is 5.97. The molecule has 2 fully saturated rings. The number of hydrogen-bond acceptors (Lipinski definition) is 6. The van der Waals surface area contributed by atoms with Crippen LogP contribution in [0.3, 0.4) is 0 Å². The number of nitrogens with zero attached hydrogens (tertiary/aromatic N) is 4. The van der Waals surface area contributed by atoms with E-state index in [4.69, 9.17) is 26.6 Å². The number of benzene rings is 1. The summed E-state index contributed by atoms with van der Waals surface area (Å²) in [4.78, 5) is 14.3. The minimum atomic E-state index is 0.481. The highest BCUT2D eigenvalue weighted by molar-refractivity contribution is 7.80. The van der Waals surface area contributed by atoms with Crippen molar-refractivity contribution in [3.8, 4) is 11.3 Å². The fourth-order valence-electron chi connectivity index (χ4n) is 4.69. The monoisotopic (exact) mass is 476 g/mol. The Kier molecular flexibility index (Phi) is 6.94. The average molecular weight is 477 g/mol. The smallest absolute Gasteiger partial charge is 0.232 e. The minimum absolute atomic E-state index is 0.481. The molecule has 8 heteroatoms. The number of furan rings is 1. The van der Waals surface area contributed by atoms with E-state index in [0.717, 1.165) is 54.9 Å². The normalized spacial score (nSPS) is 18.2. The fourth-order valence-corrected chi connectivity index (χ4v) is 4.85. The Bertz CT molecular complexity index is 1110. The van der Waals surface area contributed by atoms with Crippen molar-refractivity contribution in [1.82, 2.24) is 15.3 Å². The summed E-state index contributed by atoms with van der Waals surface area (Å²) in [7, 11) is 0. The lowest BCUT2D eigenvalue weighted by molar-refractivity contribution is 0.444. The highest BCUT2D eigenvalue weighted by Crippen LogP contribution is 2.27. The van der Waals surface area contributed by atoms with E-state index < -0.39 is 0 Å². The van der Waals surface area contributed by atoms with Crippen LogP contribution in [0.1, 0.15) is 38.4 Å². The van der Waals surface area contributed by atoms with Gasteiger partial charge in [-0.3, -0.25) is 0 Å². The molecule has 4 heterocycles. The number of hydrogen-bond donors (Lipinski definition) is 2. The summed E-state index contributed by atoms with van der Waals surface area (Å²) in [5.41, 5.74) is 1.06. The standard InChI is InChI=1S/C26H32N6OS/c1-19-8-7-15-32(18-19)24-16-23(31-13-5-6-14-31)28-25(29-24)30-26(34)27-17-21-11-12-22(33-21)20-9-3-2-4-10-20/h2-4,9-12,16,19H,5-8,13-15,17-18H2,1H3,(H2,27,28,29,30,34)/t19-/m0/s1. The van der Waals surface area contributed by atoms with E-state index in [-0.39, 0.29) is 0 Å². The van der Waals surface area contributed by atoms with Crippen LogP contribution in [0.5, 0.6) is 0 Å². The second-order valence-corrected chi connectivity index (χ2v) is 9.64. The maximum Gasteiger partial charge on any atom is 0.232 e. The third-order valence-corrected chi connectivity index (χ3v) is 6.73. The van der Waals surface area contributed by atoms with Crippen LogP contribution in [0, 0.1) is 5.92 Å². The number of nitrogens with one attached hydrogen (secondary N) is 2. The molecule has 5 rings (SSSR count). The van der Waals surface area contributed by atoms with Crippen molar-refractivity contribution in [2.45, 2.75) is 39.2 Å². The van der Waals surface area contributed by atoms with Gasteiger partial charge in [0.2, 0.25) is 5.95 Å². The first kappa shape index (κ1) is 22.7. The number of rotatable bonds is 6. The first-order chi connectivity index (χ1) is 16.6. The lowest BCUT2D eigenvalue weighted by Crippen LogP contribution is -2.35. The first-order valence-electron chi connectivity index (χ1n) is 12.2. The van der Waals surface area contributed by atoms with Crippen LogP contribution in [0.4, 0.5) is 17.6 Å². The largest absolute Gasteiger partial charge is 0.459 e. The van der Waals surface area contributed by atoms with Crippen molar-refractivity contribution in [1.29, 1.82) is 0 Å². The van der Waals surface area contributed by atoms with E-state index in [1.165, 1.54) is 25.7 Å². The summed E-state index contributed by atoms with van der Waals surface area (Å²) in [6.07, 6.45) is 4.88. The van der Waals surface area contributed by atoms with Gasteiger partial charge in [-0.1, -0.05) is 37.3 Å². The van der Waals surface area contributed by atoms with Gasteiger partial charge in [-0.2, -0.15) is 9.97 Å². The number of thiocarbonyl (C=S) groups is 1. The zero-order chi connectivity index (χ0) is 23.3. The molecule has 1 aromatic carbocycles. The van der Waals surface area contributed by atoms with Gasteiger partial charge in [0.25, 0.3) is 0 Å². The molecule has 0 spiro atoms. The molecule has 0 saturated carbocycles. The van der Waals surface area contributed by atoms with E-state index in [9.17, 15) is 0 Å². The molecule has 0 amide bonds. The molecule has 1 atom stereocenters. The topological polar surface area (TPSA) is 69.5 Å². The minimum Gasteiger partial charge on any atom is -0.459 e. The van der Waals surface area contributed by atoms with Crippen LogP contribution in [-0.2, 0) is 6.54 Å². The molecule has 0 unspecified atom stereocenters. The van der Waals surface area contributed by atoms with Crippen molar-refractivity contribution in [3.05, 3.63) is 54.3 Å². The van der Waals surface area contributed by atoms with E-state index >= 15 is 0 Å². The second kappa shape index (κ2) is 10.4. The van der Waals surface area contributed by atoms with Crippen molar-refractivity contribution < 1.29 is 4.42 Å². The van der Waals surface area contributed by atoms with Gasteiger partial charge in [-0.25, -0.2) is 0 Å². The van der Waals surface area contributed by atoms with Crippen LogP contribution in [0.15, 0.2) is 52.9 Å². The molecule has 2 aliphatic heterocycles. The molecule has 2 N–H and O–H groups in total. The number of aromatic nitrogens is 2.